The van der Waals surface area contributed by atoms with Crippen LogP contribution in [0.2, 0.25) is 0 Å². The van der Waals surface area contributed by atoms with Crippen molar-refractivity contribution >= 4 is 5.97 Å². The van der Waals surface area contributed by atoms with Crippen LogP contribution in [0.1, 0.15) is 10.6 Å². The second-order valence-electron chi connectivity index (χ2n) is 5.21. The lowest BCUT2D eigenvalue weighted by Gasteiger charge is -2.13. The van der Waals surface area contributed by atoms with Gasteiger partial charge in [0, 0.05) is 11.8 Å². The lowest BCUT2D eigenvalue weighted by molar-refractivity contribution is -0.274. The molecule has 0 fully saturated rings. The Labute approximate surface area is 151 Å². The highest BCUT2D eigenvalue weighted by Crippen LogP contribution is 2.33. The molecule has 0 amide bonds. The van der Waals surface area contributed by atoms with Crippen molar-refractivity contribution in [3.05, 3.63) is 60.6 Å². The summed E-state index contributed by atoms with van der Waals surface area (Å²) < 4.78 is 46.5. The van der Waals surface area contributed by atoms with Gasteiger partial charge in [-0.15, -0.1) is 13.2 Å². The summed E-state index contributed by atoms with van der Waals surface area (Å²) in [5.74, 6) is -1.23. The first-order valence-electron chi connectivity index (χ1n) is 7.61. The van der Waals surface area contributed by atoms with Crippen molar-refractivity contribution in [1.29, 1.82) is 0 Å². The molecule has 0 aliphatic carbocycles. The van der Waals surface area contributed by atoms with E-state index in [1.54, 1.807) is 24.3 Å². The number of hydrogen-bond donors (Lipinski definition) is 0. The number of rotatable bonds is 4. The SMILES string of the molecule is COC(=O)c1nccc(-c2cccc(-c3ccccc3OC(F)(F)F)n2)n1. The van der Waals surface area contributed by atoms with E-state index in [4.69, 9.17) is 0 Å². The zero-order valence-corrected chi connectivity index (χ0v) is 13.9. The van der Waals surface area contributed by atoms with E-state index in [-0.39, 0.29) is 22.8 Å². The molecule has 27 heavy (non-hydrogen) atoms. The Bertz CT molecular complexity index is 977. The maximum absolute atomic E-state index is 12.6. The quantitative estimate of drug-likeness (QED) is 0.644. The molecule has 0 bridgehead atoms. The van der Waals surface area contributed by atoms with Gasteiger partial charge in [-0.1, -0.05) is 18.2 Å². The maximum Gasteiger partial charge on any atom is 0.573 e. The number of halogens is 3. The minimum Gasteiger partial charge on any atom is -0.463 e. The van der Waals surface area contributed by atoms with Gasteiger partial charge >= 0.3 is 12.3 Å². The fourth-order valence-corrected chi connectivity index (χ4v) is 2.31. The number of esters is 1. The van der Waals surface area contributed by atoms with Crippen LogP contribution in [0.3, 0.4) is 0 Å². The fraction of sp³-hybridized carbons (Fsp3) is 0.111. The summed E-state index contributed by atoms with van der Waals surface area (Å²) in [5.41, 5.74) is 1.09. The second-order valence-corrected chi connectivity index (χ2v) is 5.21. The highest BCUT2D eigenvalue weighted by atomic mass is 19.4. The van der Waals surface area contributed by atoms with E-state index in [9.17, 15) is 18.0 Å². The van der Waals surface area contributed by atoms with E-state index in [1.165, 1.54) is 37.6 Å². The number of aromatic nitrogens is 3. The van der Waals surface area contributed by atoms with Crippen molar-refractivity contribution in [2.45, 2.75) is 6.36 Å². The van der Waals surface area contributed by atoms with Gasteiger partial charge in [0.2, 0.25) is 5.82 Å². The van der Waals surface area contributed by atoms with Crippen LogP contribution >= 0.6 is 0 Å². The molecule has 0 atom stereocenters. The molecule has 6 nitrogen and oxygen atoms in total. The number of carbonyl (C=O) groups is 1. The smallest absolute Gasteiger partial charge is 0.463 e. The summed E-state index contributed by atoms with van der Waals surface area (Å²) in [4.78, 5) is 23.8. The average molecular weight is 375 g/mol. The summed E-state index contributed by atoms with van der Waals surface area (Å²) in [6, 6.07) is 12.0. The van der Waals surface area contributed by atoms with Crippen molar-refractivity contribution < 1.29 is 27.4 Å². The highest BCUT2D eigenvalue weighted by Gasteiger charge is 2.32. The number of alkyl halides is 3. The van der Waals surface area contributed by atoms with Crippen LogP contribution in [0.25, 0.3) is 22.6 Å². The largest absolute Gasteiger partial charge is 0.573 e. The van der Waals surface area contributed by atoms with Crippen LogP contribution in [-0.4, -0.2) is 34.4 Å². The van der Waals surface area contributed by atoms with Crippen LogP contribution in [-0.2, 0) is 4.74 Å². The van der Waals surface area contributed by atoms with Gasteiger partial charge in [0.1, 0.15) is 5.75 Å². The minimum absolute atomic E-state index is 0.150. The van der Waals surface area contributed by atoms with Gasteiger partial charge in [-0.3, -0.25) is 0 Å². The first kappa shape index (κ1) is 18.3. The molecule has 1 aromatic carbocycles. The fourth-order valence-electron chi connectivity index (χ4n) is 2.31. The van der Waals surface area contributed by atoms with Crippen LogP contribution in [0.4, 0.5) is 13.2 Å². The van der Waals surface area contributed by atoms with Crippen molar-refractivity contribution in [3.8, 4) is 28.4 Å². The molecular weight excluding hydrogens is 363 g/mol. The molecule has 0 N–H and O–H groups in total. The molecule has 0 saturated carbocycles. The molecule has 3 rings (SSSR count). The molecule has 0 spiro atoms. The number of benzene rings is 1. The van der Waals surface area contributed by atoms with Gasteiger partial charge in [-0.25, -0.2) is 19.7 Å². The molecule has 0 radical (unpaired) electrons. The lowest BCUT2D eigenvalue weighted by Crippen LogP contribution is -2.17. The second kappa shape index (κ2) is 7.40. The van der Waals surface area contributed by atoms with Crippen molar-refractivity contribution in [1.82, 2.24) is 15.0 Å². The van der Waals surface area contributed by atoms with Gasteiger partial charge in [0.05, 0.1) is 24.2 Å². The third-order valence-electron chi connectivity index (χ3n) is 3.42. The molecule has 3 aromatic rings. The zero-order valence-electron chi connectivity index (χ0n) is 13.9. The van der Waals surface area contributed by atoms with Crippen molar-refractivity contribution in [3.63, 3.8) is 0 Å². The van der Waals surface area contributed by atoms with Crippen LogP contribution < -0.4 is 4.74 Å². The van der Waals surface area contributed by atoms with Gasteiger partial charge in [-0.05, 0) is 30.3 Å². The number of ether oxygens (including phenoxy) is 2. The van der Waals surface area contributed by atoms with Crippen LogP contribution in [0, 0.1) is 0 Å². The predicted molar refractivity (Wildman–Crippen MR) is 88.7 cm³/mol. The number of nitrogens with zero attached hydrogens (tertiary/aromatic N) is 3. The minimum atomic E-state index is -4.82. The summed E-state index contributed by atoms with van der Waals surface area (Å²) in [7, 11) is 1.20. The van der Waals surface area contributed by atoms with Crippen molar-refractivity contribution in [2.24, 2.45) is 0 Å². The van der Waals surface area contributed by atoms with E-state index in [2.05, 4.69) is 24.4 Å². The summed E-state index contributed by atoms with van der Waals surface area (Å²) >= 11 is 0. The Morgan fingerprint density at radius 3 is 2.37 bits per heavy atom. The number of pyridine rings is 1. The lowest BCUT2D eigenvalue weighted by atomic mass is 10.1. The molecule has 0 aliphatic rings. The maximum atomic E-state index is 12.6. The van der Waals surface area contributed by atoms with E-state index >= 15 is 0 Å². The number of para-hydroxylation sites is 1. The van der Waals surface area contributed by atoms with E-state index in [0.29, 0.717) is 11.4 Å². The Kier molecular flexibility index (Phi) is 5.02. The molecule has 0 saturated heterocycles. The van der Waals surface area contributed by atoms with Gasteiger partial charge in [-0.2, -0.15) is 0 Å². The third-order valence-corrected chi connectivity index (χ3v) is 3.42. The zero-order chi connectivity index (χ0) is 19.4. The van der Waals surface area contributed by atoms with E-state index in [1.807, 2.05) is 0 Å². The van der Waals surface area contributed by atoms with Gasteiger partial charge < -0.3 is 9.47 Å². The molecule has 2 aromatic heterocycles. The molecule has 9 heteroatoms. The van der Waals surface area contributed by atoms with E-state index in [0.717, 1.165) is 0 Å². The summed E-state index contributed by atoms with van der Waals surface area (Å²) in [6.07, 6.45) is -3.46. The topological polar surface area (TPSA) is 74.2 Å². The summed E-state index contributed by atoms with van der Waals surface area (Å²) in [5, 5.41) is 0. The Balaban J connectivity index is 2.02. The van der Waals surface area contributed by atoms with Crippen LogP contribution in [0.5, 0.6) is 5.75 Å². The Morgan fingerprint density at radius 1 is 0.926 bits per heavy atom. The first-order valence-corrected chi connectivity index (χ1v) is 7.61. The van der Waals surface area contributed by atoms with Gasteiger partial charge in [0.15, 0.2) is 0 Å². The molecule has 138 valence electrons. The normalized spacial score (nSPS) is 11.1. The first-order chi connectivity index (χ1) is 12.9. The number of methoxy groups -OCH3 is 1. The highest BCUT2D eigenvalue weighted by molar-refractivity contribution is 5.85. The van der Waals surface area contributed by atoms with Gasteiger partial charge in [0.25, 0.3) is 0 Å². The van der Waals surface area contributed by atoms with Crippen molar-refractivity contribution in [2.75, 3.05) is 7.11 Å². The van der Waals surface area contributed by atoms with Crippen LogP contribution in [0.15, 0.2) is 54.7 Å². The monoisotopic (exact) mass is 375 g/mol. The molecule has 0 unspecified atom stereocenters. The Hall–Kier alpha value is -3.49. The Morgan fingerprint density at radius 2 is 1.63 bits per heavy atom. The molecular formula is C18H12F3N3O3. The number of hydrogen-bond acceptors (Lipinski definition) is 6. The summed E-state index contributed by atoms with van der Waals surface area (Å²) in [6.45, 7) is 0. The average Bonchev–Trinajstić information content (AvgIpc) is 2.67. The standard InChI is InChI=1S/C18H12F3N3O3/c1-26-17(25)16-22-10-9-14(24-16)13-7-4-6-12(23-13)11-5-2-3-8-15(11)27-18(19,20)21/h2-10H,1H3. The molecule has 0 aliphatic heterocycles. The molecule has 2 heterocycles. The third kappa shape index (κ3) is 4.38. The van der Waals surface area contributed by atoms with E-state index < -0.39 is 12.3 Å². The number of carbonyl (C=O) groups excluding carboxylic acids is 1. The predicted octanol–water partition coefficient (Wildman–Crippen LogP) is 3.89.